The van der Waals surface area contributed by atoms with E-state index >= 15 is 0 Å². The number of benzene rings is 2. The van der Waals surface area contributed by atoms with Crippen LogP contribution in [0.25, 0.3) is 11.6 Å². The fourth-order valence-electron chi connectivity index (χ4n) is 3.13. The van der Waals surface area contributed by atoms with Crippen LogP contribution in [-0.4, -0.2) is 15.6 Å². The summed E-state index contributed by atoms with van der Waals surface area (Å²) in [4.78, 5) is 25.4. The molecule has 2 aliphatic rings. The first kappa shape index (κ1) is 15.6. The van der Waals surface area contributed by atoms with Crippen molar-refractivity contribution in [3.8, 4) is 0 Å². The van der Waals surface area contributed by atoms with E-state index in [0.717, 1.165) is 28.3 Å². The van der Waals surface area contributed by atoms with E-state index in [1.807, 2.05) is 42.5 Å². The first-order valence-corrected chi connectivity index (χ1v) is 7.77. The van der Waals surface area contributed by atoms with Crippen molar-refractivity contribution in [2.75, 3.05) is 0 Å². The van der Waals surface area contributed by atoms with Gasteiger partial charge in [-0.3, -0.25) is 20.2 Å². The summed E-state index contributed by atoms with van der Waals surface area (Å²) in [5.74, 6) is 0. The quantitative estimate of drug-likeness (QED) is 0.598. The third-order valence-corrected chi connectivity index (χ3v) is 4.25. The lowest BCUT2D eigenvalue weighted by atomic mass is 9.95. The number of nitro groups is 2. The number of hydrogen-bond acceptors (Lipinski definition) is 5. The fraction of sp³-hybridized carbons (Fsp3) is 0. The average molecular weight is 345 g/mol. The number of para-hydroxylation sites is 1. The molecule has 126 valence electrons. The summed E-state index contributed by atoms with van der Waals surface area (Å²) < 4.78 is 0. The van der Waals surface area contributed by atoms with Crippen molar-refractivity contribution < 1.29 is 9.85 Å². The predicted octanol–water partition coefficient (Wildman–Crippen LogP) is 4.63. The number of rotatable bonds is 3. The maximum absolute atomic E-state index is 11.4. The van der Waals surface area contributed by atoms with E-state index < -0.39 is 21.2 Å². The molecule has 0 saturated carbocycles. The van der Waals surface area contributed by atoms with Gasteiger partial charge in [0.2, 0.25) is 0 Å². The Hall–Kier alpha value is -3.87. The highest BCUT2D eigenvalue weighted by Crippen LogP contribution is 2.41. The summed E-state index contributed by atoms with van der Waals surface area (Å²) in [7, 11) is 0. The number of fused-ring (bicyclic) bond motifs is 3. The molecule has 0 heterocycles. The number of nitrogens with zero attached hydrogens (tertiary/aromatic N) is 3. The lowest BCUT2D eigenvalue weighted by Gasteiger charge is -2.11. The zero-order valence-electron chi connectivity index (χ0n) is 13.3. The van der Waals surface area contributed by atoms with Crippen LogP contribution in [0.3, 0.4) is 0 Å². The predicted molar refractivity (Wildman–Crippen MR) is 98.4 cm³/mol. The molecule has 0 radical (unpaired) electrons. The molecule has 0 spiro atoms. The molecule has 0 fully saturated rings. The number of hydrogen-bond donors (Lipinski definition) is 0. The molecule has 0 saturated heterocycles. The molecule has 26 heavy (non-hydrogen) atoms. The van der Waals surface area contributed by atoms with E-state index in [1.165, 1.54) is 12.1 Å². The van der Waals surface area contributed by atoms with Crippen LogP contribution < -0.4 is 0 Å². The van der Waals surface area contributed by atoms with Crippen molar-refractivity contribution in [2.45, 2.75) is 0 Å². The Morgan fingerprint density at radius 1 is 0.885 bits per heavy atom. The molecule has 0 N–H and O–H groups in total. The van der Waals surface area contributed by atoms with Crippen LogP contribution >= 0.6 is 0 Å². The summed E-state index contributed by atoms with van der Waals surface area (Å²) in [5.41, 5.74) is 3.24. The summed E-state index contributed by atoms with van der Waals surface area (Å²) >= 11 is 0. The van der Waals surface area contributed by atoms with Crippen LogP contribution in [-0.2, 0) is 0 Å². The van der Waals surface area contributed by atoms with Crippen LogP contribution in [0.1, 0.15) is 11.1 Å². The zero-order chi connectivity index (χ0) is 18.3. The molecule has 2 aromatic carbocycles. The minimum absolute atomic E-state index is 0.0399. The van der Waals surface area contributed by atoms with Crippen molar-refractivity contribution in [3.63, 3.8) is 0 Å². The van der Waals surface area contributed by atoms with Crippen LogP contribution in [0, 0.1) is 20.2 Å². The first-order valence-electron chi connectivity index (χ1n) is 7.77. The zero-order valence-corrected chi connectivity index (χ0v) is 13.3. The molecule has 0 atom stereocenters. The Balaban J connectivity index is 1.86. The van der Waals surface area contributed by atoms with Gasteiger partial charge in [0.15, 0.2) is 0 Å². The van der Waals surface area contributed by atoms with E-state index in [1.54, 1.807) is 6.08 Å². The topological polar surface area (TPSA) is 98.6 Å². The summed E-state index contributed by atoms with van der Waals surface area (Å²) in [6, 6.07) is 11.8. The number of nitro benzene ring substituents is 2. The van der Waals surface area contributed by atoms with Crippen LogP contribution in [0.5, 0.6) is 0 Å². The Kier molecular flexibility index (Phi) is 3.54. The minimum atomic E-state index is -0.769. The van der Waals surface area contributed by atoms with E-state index in [4.69, 9.17) is 0 Å². The normalized spacial score (nSPS) is 15.9. The van der Waals surface area contributed by atoms with E-state index in [2.05, 4.69) is 4.99 Å². The third kappa shape index (κ3) is 2.42. The molecule has 0 unspecified atom stereocenters. The third-order valence-electron chi connectivity index (χ3n) is 4.25. The maximum atomic E-state index is 11.4. The van der Waals surface area contributed by atoms with Gasteiger partial charge < -0.3 is 0 Å². The van der Waals surface area contributed by atoms with Crippen LogP contribution in [0.4, 0.5) is 17.1 Å². The molecule has 7 nitrogen and oxygen atoms in total. The fourth-order valence-corrected chi connectivity index (χ4v) is 3.13. The van der Waals surface area contributed by atoms with E-state index in [0.29, 0.717) is 5.71 Å². The Labute approximate surface area is 147 Å². The van der Waals surface area contributed by atoms with E-state index in [9.17, 15) is 20.2 Å². The molecule has 0 bridgehead atoms. The lowest BCUT2D eigenvalue weighted by molar-refractivity contribution is -0.421. The van der Waals surface area contributed by atoms with Gasteiger partial charge in [0.1, 0.15) is 5.69 Å². The SMILES string of the molecule is O=[N+]([O-])c1cccc(N=C2C=CC=C3C2=Cc2ccccc23)c1[N+](=O)[O-]. The standard InChI is InChI=1S/C19H11N3O4/c23-21(24)18-10-4-9-17(19(18)22(25)26)20-16-8-3-7-14-13-6-2-1-5-12(13)11-15(14)16/h1-11H. The molecule has 0 aromatic heterocycles. The summed E-state index contributed by atoms with van der Waals surface area (Å²) in [6.07, 6.45) is 7.48. The molecular weight excluding hydrogens is 334 g/mol. The second-order valence-electron chi connectivity index (χ2n) is 5.74. The molecule has 0 amide bonds. The van der Waals surface area contributed by atoms with Crippen LogP contribution in [0.2, 0.25) is 0 Å². The van der Waals surface area contributed by atoms with Gasteiger partial charge in [-0.2, -0.15) is 0 Å². The van der Waals surface area contributed by atoms with Gasteiger partial charge >= 0.3 is 11.4 Å². The van der Waals surface area contributed by atoms with E-state index in [-0.39, 0.29) is 5.69 Å². The highest BCUT2D eigenvalue weighted by atomic mass is 16.6. The second-order valence-corrected chi connectivity index (χ2v) is 5.74. The van der Waals surface area contributed by atoms with Crippen molar-refractivity contribution in [1.29, 1.82) is 0 Å². The van der Waals surface area contributed by atoms with Gasteiger partial charge in [-0.1, -0.05) is 42.5 Å². The highest BCUT2D eigenvalue weighted by molar-refractivity contribution is 6.26. The van der Waals surface area contributed by atoms with Gasteiger partial charge in [-0.05, 0) is 34.9 Å². The molecule has 2 aliphatic carbocycles. The van der Waals surface area contributed by atoms with Gasteiger partial charge in [0.05, 0.1) is 15.6 Å². The second kappa shape index (κ2) is 5.89. The first-order chi connectivity index (χ1) is 12.6. The summed E-state index contributed by atoms with van der Waals surface area (Å²) in [6.45, 7) is 0. The van der Waals surface area contributed by atoms with Crippen molar-refractivity contribution in [1.82, 2.24) is 0 Å². The number of allylic oxidation sites excluding steroid dienone is 5. The van der Waals surface area contributed by atoms with Gasteiger partial charge in [0, 0.05) is 11.6 Å². The Morgan fingerprint density at radius 3 is 2.46 bits per heavy atom. The van der Waals surface area contributed by atoms with Gasteiger partial charge in [-0.15, -0.1) is 0 Å². The van der Waals surface area contributed by atoms with Gasteiger partial charge in [-0.25, -0.2) is 4.99 Å². The Morgan fingerprint density at radius 2 is 1.69 bits per heavy atom. The molecule has 7 heteroatoms. The molecule has 4 rings (SSSR count). The van der Waals surface area contributed by atoms with Crippen molar-refractivity contribution in [2.24, 2.45) is 4.99 Å². The number of aliphatic imine (C=N–C) groups is 1. The summed E-state index contributed by atoms with van der Waals surface area (Å²) in [5, 5.41) is 22.5. The average Bonchev–Trinajstić information content (AvgIpc) is 3.01. The van der Waals surface area contributed by atoms with Crippen LogP contribution in [0.15, 0.2) is 71.3 Å². The monoisotopic (exact) mass is 345 g/mol. The smallest absolute Gasteiger partial charge is 0.258 e. The molecule has 2 aromatic rings. The maximum Gasteiger partial charge on any atom is 0.371 e. The van der Waals surface area contributed by atoms with Crippen molar-refractivity contribution in [3.05, 3.63) is 97.6 Å². The molecular formula is C19H11N3O4. The molecule has 0 aliphatic heterocycles. The Bertz CT molecular complexity index is 1090. The van der Waals surface area contributed by atoms with Gasteiger partial charge in [0.25, 0.3) is 0 Å². The van der Waals surface area contributed by atoms with Crippen molar-refractivity contribution >= 4 is 34.4 Å². The lowest BCUT2D eigenvalue weighted by Crippen LogP contribution is -2.03. The largest absolute Gasteiger partial charge is 0.371 e. The minimum Gasteiger partial charge on any atom is -0.258 e. The highest BCUT2D eigenvalue weighted by Gasteiger charge is 2.29.